The van der Waals surface area contributed by atoms with E-state index in [2.05, 4.69) is 72.8 Å². The zero-order chi connectivity index (χ0) is 23.1. The van der Waals surface area contributed by atoms with Crippen molar-refractivity contribution in [2.75, 3.05) is 0 Å². The summed E-state index contributed by atoms with van der Waals surface area (Å²) in [6.07, 6.45) is 15.4. The maximum Gasteiger partial charge on any atom is 0.147 e. The van der Waals surface area contributed by atoms with Crippen molar-refractivity contribution in [2.45, 2.75) is 104 Å². The number of rotatable bonds is 4. The first-order valence-corrected chi connectivity index (χ1v) is 13.1. The first kappa shape index (κ1) is 22.9. The molecule has 0 amide bonds. The Morgan fingerprint density at radius 2 is 1.84 bits per heavy atom. The number of hydrogen-bond acceptors (Lipinski definition) is 3. The molecule has 3 heteroatoms. The third kappa shape index (κ3) is 2.83. The van der Waals surface area contributed by atoms with E-state index in [9.17, 15) is 5.11 Å². The van der Waals surface area contributed by atoms with E-state index in [1.54, 1.807) is 0 Å². The lowest BCUT2D eigenvalue weighted by Gasteiger charge is -2.66. The van der Waals surface area contributed by atoms with E-state index in [0.29, 0.717) is 36.0 Å². The summed E-state index contributed by atoms with van der Waals surface area (Å²) in [6.45, 7) is 16.7. The Bertz CT molecular complexity index is 870. The molecule has 0 aromatic carbocycles. The fourth-order valence-corrected chi connectivity index (χ4v) is 8.51. The van der Waals surface area contributed by atoms with Gasteiger partial charge in [0.15, 0.2) is 0 Å². The Morgan fingerprint density at radius 1 is 1.09 bits per heavy atom. The van der Waals surface area contributed by atoms with Crippen LogP contribution in [0.2, 0.25) is 0 Å². The molecular formula is C29H44O3. The van der Waals surface area contributed by atoms with Crippen LogP contribution >= 0.6 is 0 Å². The van der Waals surface area contributed by atoms with Crippen molar-refractivity contribution < 1.29 is 14.9 Å². The first-order chi connectivity index (χ1) is 15.0. The van der Waals surface area contributed by atoms with Crippen LogP contribution in [0.15, 0.2) is 35.5 Å². The molecule has 1 N–H and O–H groups in total. The highest BCUT2D eigenvalue weighted by atomic mass is 17.2. The van der Waals surface area contributed by atoms with Crippen molar-refractivity contribution >= 4 is 0 Å². The molecule has 0 radical (unpaired) electrons. The van der Waals surface area contributed by atoms with E-state index in [0.717, 1.165) is 19.3 Å². The largest absolute Gasteiger partial charge is 0.393 e. The van der Waals surface area contributed by atoms with Gasteiger partial charge in [-0.25, -0.2) is 9.78 Å². The summed E-state index contributed by atoms with van der Waals surface area (Å²) in [4.78, 5) is 12.7. The highest BCUT2D eigenvalue weighted by molar-refractivity contribution is 5.48. The molecule has 2 bridgehead atoms. The molecule has 2 aliphatic heterocycles. The lowest BCUT2D eigenvalue weighted by atomic mass is 9.46. The Labute approximate surface area is 195 Å². The van der Waals surface area contributed by atoms with E-state index in [-0.39, 0.29) is 16.9 Å². The predicted molar refractivity (Wildman–Crippen MR) is 129 cm³/mol. The summed E-state index contributed by atoms with van der Waals surface area (Å²) in [5, 5.41) is 10.4. The summed E-state index contributed by atoms with van der Waals surface area (Å²) >= 11 is 0. The third-order valence-corrected chi connectivity index (χ3v) is 10.9. The van der Waals surface area contributed by atoms with Crippen LogP contribution in [0.3, 0.4) is 0 Å². The molecule has 32 heavy (non-hydrogen) atoms. The lowest BCUT2D eigenvalue weighted by Crippen LogP contribution is -2.69. The van der Waals surface area contributed by atoms with Crippen LogP contribution in [0, 0.1) is 40.4 Å². The average Bonchev–Trinajstić information content (AvgIpc) is 3.11. The molecular weight excluding hydrogens is 396 g/mol. The molecule has 3 nitrogen and oxygen atoms in total. The predicted octanol–water partition coefficient (Wildman–Crippen LogP) is 6.78. The quantitative estimate of drug-likeness (QED) is 0.387. The fourth-order valence-electron chi connectivity index (χ4n) is 8.51. The highest BCUT2D eigenvalue weighted by Crippen LogP contribution is 2.71. The fraction of sp³-hybridized carbons (Fsp3) is 0.793. The minimum Gasteiger partial charge on any atom is -0.393 e. The zero-order valence-electron chi connectivity index (χ0n) is 21.3. The Balaban J connectivity index is 1.49. The molecule has 6 aliphatic rings. The third-order valence-electron chi connectivity index (χ3n) is 10.9. The molecule has 2 saturated carbocycles. The van der Waals surface area contributed by atoms with E-state index >= 15 is 0 Å². The van der Waals surface area contributed by atoms with Crippen molar-refractivity contribution in [1.82, 2.24) is 0 Å². The second kappa shape index (κ2) is 7.30. The van der Waals surface area contributed by atoms with Crippen molar-refractivity contribution in [2.24, 2.45) is 40.4 Å². The molecule has 2 heterocycles. The molecule has 178 valence electrons. The van der Waals surface area contributed by atoms with Crippen LogP contribution in [0.5, 0.6) is 0 Å². The van der Waals surface area contributed by atoms with Gasteiger partial charge in [-0.05, 0) is 85.8 Å². The van der Waals surface area contributed by atoms with Gasteiger partial charge in [-0.2, -0.15) is 0 Å². The summed E-state index contributed by atoms with van der Waals surface area (Å²) in [5.74, 6) is 2.97. The molecule has 9 unspecified atom stereocenters. The van der Waals surface area contributed by atoms with E-state index < -0.39 is 11.2 Å². The maximum atomic E-state index is 10.4. The van der Waals surface area contributed by atoms with Gasteiger partial charge < -0.3 is 5.11 Å². The van der Waals surface area contributed by atoms with Crippen molar-refractivity contribution in [3.8, 4) is 0 Å². The standard InChI is InChI=1S/C29H44O3/c1-18(2)21(5)19(3)16-20(4)23-8-9-24-26(23,6)12-11-25-27(7)13-10-22(30)17-28(27)14-15-29(24,25)32-31-28/h11,14-16,18,20-24,30H,8-10,12-13,17H2,1-7H3. The van der Waals surface area contributed by atoms with Gasteiger partial charge in [-0.15, -0.1) is 0 Å². The van der Waals surface area contributed by atoms with Gasteiger partial charge in [0.2, 0.25) is 0 Å². The number of allylic oxidation sites excluding steroid dienone is 3. The first-order valence-electron chi connectivity index (χ1n) is 13.1. The van der Waals surface area contributed by atoms with E-state index in [4.69, 9.17) is 9.78 Å². The van der Waals surface area contributed by atoms with Gasteiger partial charge in [0.1, 0.15) is 11.2 Å². The van der Waals surface area contributed by atoms with Crippen molar-refractivity contribution in [1.29, 1.82) is 0 Å². The Kier molecular flexibility index (Phi) is 5.22. The van der Waals surface area contributed by atoms with E-state index in [1.807, 2.05) is 0 Å². The molecule has 3 fully saturated rings. The minimum absolute atomic E-state index is 0.0759. The number of hydrogen-bond donors (Lipinski definition) is 1. The topological polar surface area (TPSA) is 38.7 Å². The molecule has 2 spiro atoms. The van der Waals surface area contributed by atoms with Gasteiger partial charge in [0.25, 0.3) is 0 Å². The molecule has 1 saturated heterocycles. The minimum atomic E-state index is -0.510. The summed E-state index contributed by atoms with van der Waals surface area (Å²) in [5.41, 5.74) is 2.18. The van der Waals surface area contributed by atoms with Gasteiger partial charge in [0.05, 0.1) is 6.10 Å². The lowest BCUT2D eigenvalue weighted by molar-refractivity contribution is -0.455. The maximum absolute atomic E-state index is 10.4. The van der Waals surface area contributed by atoms with Crippen LogP contribution < -0.4 is 0 Å². The summed E-state index contributed by atoms with van der Waals surface area (Å²) < 4.78 is 0. The van der Waals surface area contributed by atoms with Crippen LogP contribution in [0.1, 0.15) is 87.0 Å². The zero-order valence-corrected chi connectivity index (χ0v) is 21.3. The molecule has 0 aromatic rings. The highest BCUT2D eigenvalue weighted by Gasteiger charge is 2.71. The molecule has 9 atom stereocenters. The van der Waals surface area contributed by atoms with Gasteiger partial charge in [-0.1, -0.05) is 59.3 Å². The van der Waals surface area contributed by atoms with Crippen LogP contribution in [-0.2, 0) is 9.78 Å². The number of aliphatic hydroxyl groups is 1. The van der Waals surface area contributed by atoms with Crippen LogP contribution in [0.4, 0.5) is 0 Å². The molecule has 6 rings (SSSR count). The van der Waals surface area contributed by atoms with Gasteiger partial charge >= 0.3 is 0 Å². The summed E-state index contributed by atoms with van der Waals surface area (Å²) in [7, 11) is 0. The van der Waals surface area contributed by atoms with Gasteiger partial charge in [0, 0.05) is 17.8 Å². The van der Waals surface area contributed by atoms with Crippen molar-refractivity contribution in [3.05, 3.63) is 35.5 Å². The number of fused-ring (bicyclic) bond motifs is 2. The number of aliphatic hydroxyl groups excluding tert-OH is 1. The van der Waals surface area contributed by atoms with Crippen molar-refractivity contribution in [3.63, 3.8) is 0 Å². The normalized spacial score (nSPS) is 49.3. The Morgan fingerprint density at radius 3 is 2.50 bits per heavy atom. The summed E-state index contributed by atoms with van der Waals surface area (Å²) in [6, 6.07) is 0. The molecule has 4 aliphatic carbocycles. The second-order valence-electron chi connectivity index (χ2n) is 12.8. The van der Waals surface area contributed by atoms with Gasteiger partial charge in [-0.3, -0.25) is 0 Å². The van der Waals surface area contributed by atoms with E-state index in [1.165, 1.54) is 24.0 Å². The smallest absolute Gasteiger partial charge is 0.147 e. The average molecular weight is 441 g/mol. The second-order valence-corrected chi connectivity index (χ2v) is 12.8. The van der Waals surface area contributed by atoms with Crippen LogP contribution in [-0.4, -0.2) is 22.4 Å². The van der Waals surface area contributed by atoms with Crippen LogP contribution in [0.25, 0.3) is 0 Å². The monoisotopic (exact) mass is 440 g/mol. The molecule has 0 aromatic heterocycles. The Hall–Kier alpha value is -0.900. The SMILES string of the molecule is CC(=CC(C)C1CCC2C34C=CC5(CC(O)CCC5(C)C3=CCC12C)OO4)C(C)C(C)C.